The number of benzene rings is 2. The highest BCUT2D eigenvalue weighted by Crippen LogP contribution is 2.32. The summed E-state index contributed by atoms with van der Waals surface area (Å²) in [5, 5.41) is 12.7. The van der Waals surface area contributed by atoms with Gasteiger partial charge in [0.1, 0.15) is 12.4 Å². The zero-order chi connectivity index (χ0) is 27.2. The quantitative estimate of drug-likeness (QED) is 0.475. The van der Waals surface area contributed by atoms with Gasteiger partial charge in [0, 0.05) is 6.54 Å². The number of aliphatic hydroxyl groups excluding tert-OH is 1. The third-order valence-corrected chi connectivity index (χ3v) is 7.91. The second-order valence-electron chi connectivity index (χ2n) is 8.50. The van der Waals surface area contributed by atoms with Gasteiger partial charge in [-0.25, -0.2) is 13.2 Å². The Morgan fingerprint density at radius 1 is 1.24 bits per heavy atom. The van der Waals surface area contributed by atoms with E-state index in [2.05, 4.69) is 11.9 Å². The molecule has 1 atom stereocenters. The number of hydrogen-bond acceptors (Lipinski definition) is 7. The highest BCUT2D eigenvalue weighted by molar-refractivity contribution is 7.91. The molecule has 1 aliphatic rings. The first-order chi connectivity index (χ1) is 17.6. The Kier molecular flexibility index (Phi) is 9.12. The Hall–Kier alpha value is -3.63. The van der Waals surface area contributed by atoms with Gasteiger partial charge in [0.2, 0.25) is 0 Å². The molecule has 2 aromatic rings. The molecule has 37 heavy (non-hydrogen) atoms. The number of rotatable bonds is 9. The minimum absolute atomic E-state index is 0.0158. The molecule has 0 radical (unpaired) electrons. The summed E-state index contributed by atoms with van der Waals surface area (Å²) in [6.45, 7) is 6.90. The van der Waals surface area contributed by atoms with E-state index in [1.54, 1.807) is 50.2 Å². The molecule has 9 nitrogen and oxygen atoms in total. The van der Waals surface area contributed by atoms with Gasteiger partial charge in [-0.2, -0.15) is 0 Å². The number of hydrogen-bond donors (Lipinski definition) is 2. The van der Waals surface area contributed by atoms with E-state index in [0.717, 1.165) is 11.1 Å². The normalized spacial score (nSPS) is 15.5. The van der Waals surface area contributed by atoms with Gasteiger partial charge in [-0.3, -0.25) is 10.1 Å². The van der Waals surface area contributed by atoms with E-state index in [0.29, 0.717) is 24.3 Å². The lowest BCUT2D eigenvalue weighted by molar-refractivity contribution is 0.0648. The average Bonchev–Trinajstić information content (AvgIpc) is 2.91. The van der Waals surface area contributed by atoms with Crippen molar-refractivity contribution in [1.82, 2.24) is 4.90 Å². The number of aliphatic hydroxyl groups is 1. The van der Waals surface area contributed by atoms with Gasteiger partial charge in [0.05, 0.1) is 41.7 Å². The molecule has 0 saturated heterocycles. The van der Waals surface area contributed by atoms with Gasteiger partial charge in [-0.15, -0.1) is 0 Å². The molecule has 0 fully saturated rings. The largest absolute Gasteiger partial charge is 0.496 e. The van der Waals surface area contributed by atoms with Crippen molar-refractivity contribution >= 4 is 33.1 Å². The lowest BCUT2D eigenvalue weighted by atomic mass is 9.95. The second-order valence-corrected chi connectivity index (χ2v) is 10.8. The van der Waals surface area contributed by atoms with Crippen molar-refractivity contribution in [2.75, 3.05) is 37.9 Å². The molecule has 3 rings (SSSR count). The number of aryl methyl sites for hydroxylation is 1. The maximum absolute atomic E-state index is 13.7. The number of methoxy groups -OCH3 is 1. The summed E-state index contributed by atoms with van der Waals surface area (Å²) in [7, 11) is -1.81. The highest BCUT2D eigenvalue weighted by Gasteiger charge is 2.30. The SMILES string of the molecule is C=CCOC(=O)Nc1cc(C)c(OC)cc1C(=O)N1CCC(c2ccc(S(=O)(=O)CC)cc2)=C[C@H]1CO. The fraction of sp³-hybridized carbons (Fsp3) is 0.333. The Bertz CT molecular complexity index is 1300. The van der Waals surface area contributed by atoms with Crippen LogP contribution in [0.4, 0.5) is 10.5 Å². The van der Waals surface area contributed by atoms with Gasteiger partial charge in [0.25, 0.3) is 5.91 Å². The Morgan fingerprint density at radius 2 is 1.95 bits per heavy atom. The van der Waals surface area contributed by atoms with E-state index in [4.69, 9.17) is 9.47 Å². The number of sulfone groups is 1. The molecule has 198 valence electrons. The summed E-state index contributed by atoms with van der Waals surface area (Å²) < 4.78 is 34.6. The number of ether oxygens (including phenoxy) is 2. The maximum atomic E-state index is 13.7. The minimum atomic E-state index is -3.31. The fourth-order valence-corrected chi connectivity index (χ4v) is 5.01. The molecule has 1 heterocycles. The van der Waals surface area contributed by atoms with Gasteiger partial charge in [-0.05, 0) is 54.3 Å². The van der Waals surface area contributed by atoms with E-state index in [1.165, 1.54) is 18.1 Å². The predicted molar refractivity (Wildman–Crippen MR) is 142 cm³/mol. The smallest absolute Gasteiger partial charge is 0.411 e. The minimum Gasteiger partial charge on any atom is -0.496 e. The molecule has 1 aliphatic heterocycles. The van der Waals surface area contributed by atoms with Crippen molar-refractivity contribution in [1.29, 1.82) is 0 Å². The van der Waals surface area contributed by atoms with Crippen LogP contribution in [0.5, 0.6) is 5.75 Å². The lowest BCUT2D eigenvalue weighted by Gasteiger charge is -2.34. The van der Waals surface area contributed by atoms with E-state index in [1.807, 2.05) is 6.08 Å². The predicted octanol–water partition coefficient (Wildman–Crippen LogP) is 3.82. The van der Waals surface area contributed by atoms with E-state index >= 15 is 0 Å². The van der Waals surface area contributed by atoms with Crippen molar-refractivity contribution < 1.29 is 32.6 Å². The first-order valence-corrected chi connectivity index (χ1v) is 13.5. The molecular weight excluding hydrogens is 496 g/mol. The van der Waals surface area contributed by atoms with Crippen LogP contribution in [0, 0.1) is 6.92 Å². The summed E-state index contributed by atoms with van der Waals surface area (Å²) in [5.74, 6) is 0.103. The van der Waals surface area contributed by atoms with Crippen LogP contribution in [0.15, 0.2) is 60.0 Å². The molecule has 0 spiro atoms. The number of carbonyl (C=O) groups is 2. The lowest BCUT2D eigenvalue weighted by Crippen LogP contribution is -2.44. The van der Waals surface area contributed by atoms with E-state index in [9.17, 15) is 23.1 Å². The van der Waals surface area contributed by atoms with E-state index < -0.39 is 27.9 Å². The summed E-state index contributed by atoms with van der Waals surface area (Å²) in [4.78, 5) is 27.6. The first-order valence-electron chi connectivity index (χ1n) is 11.8. The van der Waals surface area contributed by atoms with Crippen LogP contribution in [0.3, 0.4) is 0 Å². The van der Waals surface area contributed by atoms with Crippen LogP contribution < -0.4 is 10.1 Å². The molecule has 2 N–H and O–H groups in total. The van der Waals surface area contributed by atoms with Crippen LogP contribution in [0.2, 0.25) is 0 Å². The van der Waals surface area contributed by atoms with E-state index in [-0.39, 0.29) is 35.1 Å². The zero-order valence-corrected chi connectivity index (χ0v) is 22.0. The number of carbonyl (C=O) groups excluding carboxylic acids is 2. The Labute approximate surface area is 217 Å². The number of anilines is 1. The topological polar surface area (TPSA) is 122 Å². The zero-order valence-electron chi connectivity index (χ0n) is 21.2. The van der Waals surface area contributed by atoms with Crippen molar-refractivity contribution in [3.63, 3.8) is 0 Å². The first kappa shape index (κ1) is 27.9. The number of nitrogens with one attached hydrogen (secondary N) is 1. The van der Waals surface area contributed by atoms with Gasteiger partial charge in [-0.1, -0.05) is 37.8 Å². The standard InChI is InChI=1S/C27H32N2O7S/c1-5-13-36-27(32)28-24-14-18(3)25(35-4)16-23(24)26(31)29-12-11-20(15-21(29)17-30)19-7-9-22(10-8-19)37(33,34)6-2/h5,7-10,14-16,21,30H,1,6,11-13,17H2,2-4H3,(H,28,32)/t21-/m0/s1. The summed E-state index contributed by atoms with van der Waals surface area (Å²) in [5.41, 5.74) is 2.89. The fourth-order valence-electron chi connectivity index (χ4n) is 4.12. The third kappa shape index (κ3) is 6.39. The monoisotopic (exact) mass is 528 g/mol. The van der Waals surface area contributed by atoms with Gasteiger partial charge in [0.15, 0.2) is 9.84 Å². The summed E-state index contributed by atoms with van der Waals surface area (Å²) in [6, 6.07) is 9.19. The van der Waals surface area contributed by atoms with Crippen LogP contribution in [-0.2, 0) is 14.6 Å². The van der Waals surface area contributed by atoms with Crippen LogP contribution >= 0.6 is 0 Å². The molecule has 10 heteroatoms. The summed E-state index contributed by atoms with van der Waals surface area (Å²) >= 11 is 0. The van der Waals surface area contributed by atoms with Crippen molar-refractivity contribution in [2.45, 2.75) is 31.2 Å². The molecule has 2 amide bonds. The van der Waals surface area contributed by atoms with Crippen molar-refractivity contribution in [2.24, 2.45) is 0 Å². The van der Waals surface area contributed by atoms with Crippen LogP contribution in [0.1, 0.15) is 34.8 Å². The Balaban J connectivity index is 1.90. The van der Waals surface area contributed by atoms with Gasteiger partial charge < -0.3 is 19.5 Å². The van der Waals surface area contributed by atoms with Gasteiger partial charge >= 0.3 is 6.09 Å². The number of nitrogens with zero attached hydrogens (tertiary/aromatic N) is 1. The van der Waals surface area contributed by atoms with Crippen LogP contribution in [-0.4, -0.2) is 69.1 Å². The molecule has 0 aromatic heterocycles. The van der Waals surface area contributed by atoms with Crippen LogP contribution in [0.25, 0.3) is 5.57 Å². The van der Waals surface area contributed by atoms with Crippen molar-refractivity contribution in [3.05, 3.63) is 71.8 Å². The average molecular weight is 529 g/mol. The highest BCUT2D eigenvalue weighted by atomic mass is 32.2. The third-order valence-electron chi connectivity index (χ3n) is 6.16. The molecule has 0 saturated carbocycles. The molecule has 0 bridgehead atoms. The van der Waals surface area contributed by atoms with Crippen molar-refractivity contribution in [3.8, 4) is 5.75 Å². The molecule has 0 aliphatic carbocycles. The molecule has 0 unspecified atom stereocenters. The number of amides is 2. The second kappa shape index (κ2) is 12.1. The Morgan fingerprint density at radius 3 is 2.54 bits per heavy atom. The summed E-state index contributed by atoms with van der Waals surface area (Å²) in [6.07, 6.45) is 3.01. The molecule has 2 aromatic carbocycles. The molecular formula is C27H32N2O7S. The maximum Gasteiger partial charge on any atom is 0.411 e.